The van der Waals surface area contributed by atoms with Crippen molar-refractivity contribution < 1.29 is 4.39 Å². The highest BCUT2D eigenvalue weighted by Crippen LogP contribution is 2.21. The van der Waals surface area contributed by atoms with Gasteiger partial charge in [0.2, 0.25) is 0 Å². The van der Waals surface area contributed by atoms with Crippen LogP contribution in [0.1, 0.15) is 30.9 Å². The van der Waals surface area contributed by atoms with E-state index in [1.807, 2.05) is 0 Å². The molecule has 1 saturated heterocycles. The molecule has 17 heavy (non-hydrogen) atoms. The molecule has 4 heteroatoms. The van der Waals surface area contributed by atoms with Gasteiger partial charge in [-0.25, -0.2) is 4.39 Å². The number of hydrogen-bond acceptors (Lipinski definition) is 2. The SMILES string of the molecule is CC1CCCN1Cc1ccc(C(=N)N)cc1F. The highest BCUT2D eigenvalue weighted by atomic mass is 19.1. The Balaban J connectivity index is 2.14. The number of rotatable bonds is 3. The number of nitrogens with two attached hydrogens (primary N) is 1. The average Bonchev–Trinajstić information content (AvgIpc) is 2.67. The van der Waals surface area contributed by atoms with Crippen molar-refractivity contribution in [3.8, 4) is 0 Å². The zero-order chi connectivity index (χ0) is 12.4. The minimum absolute atomic E-state index is 0.0926. The Labute approximate surface area is 101 Å². The largest absolute Gasteiger partial charge is 0.384 e. The van der Waals surface area contributed by atoms with Crippen molar-refractivity contribution in [1.29, 1.82) is 5.41 Å². The molecule has 1 unspecified atom stereocenters. The Bertz CT molecular complexity index is 431. The van der Waals surface area contributed by atoms with Crippen LogP contribution in [0.2, 0.25) is 0 Å². The first-order valence-corrected chi connectivity index (χ1v) is 5.95. The molecule has 0 radical (unpaired) electrons. The maximum Gasteiger partial charge on any atom is 0.128 e. The van der Waals surface area contributed by atoms with Crippen molar-refractivity contribution in [2.75, 3.05) is 6.54 Å². The second-order valence-corrected chi connectivity index (χ2v) is 4.68. The summed E-state index contributed by atoms with van der Waals surface area (Å²) in [5, 5.41) is 7.26. The lowest BCUT2D eigenvalue weighted by Crippen LogP contribution is -2.26. The van der Waals surface area contributed by atoms with Gasteiger partial charge in [0.15, 0.2) is 0 Å². The highest BCUT2D eigenvalue weighted by Gasteiger charge is 2.21. The van der Waals surface area contributed by atoms with Crippen LogP contribution in [0.3, 0.4) is 0 Å². The normalized spacial score (nSPS) is 20.7. The lowest BCUT2D eigenvalue weighted by Gasteiger charge is -2.21. The van der Waals surface area contributed by atoms with Crippen molar-refractivity contribution in [3.63, 3.8) is 0 Å². The molecule has 1 aliphatic rings. The summed E-state index contributed by atoms with van der Waals surface area (Å²) < 4.78 is 13.8. The fourth-order valence-electron chi connectivity index (χ4n) is 2.29. The third kappa shape index (κ3) is 2.64. The van der Waals surface area contributed by atoms with Crippen LogP contribution in [0.15, 0.2) is 18.2 Å². The minimum Gasteiger partial charge on any atom is -0.384 e. The summed E-state index contributed by atoms with van der Waals surface area (Å²) in [6.07, 6.45) is 2.38. The van der Waals surface area contributed by atoms with Crippen LogP contribution < -0.4 is 5.73 Å². The van der Waals surface area contributed by atoms with E-state index in [1.165, 1.54) is 18.9 Å². The Morgan fingerprint density at radius 2 is 2.35 bits per heavy atom. The summed E-state index contributed by atoms with van der Waals surface area (Å²) in [6.45, 7) is 3.86. The lowest BCUT2D eigenvalue weighted by atomic mass is 10.1. The molecular formula is C13H18FN3. The molecular weight excluding hydrogens is 217 g/mol. The van der Waals surface area contributed by atoms with Gasteiger partial charge in [0.05, 0.1) is 0 Å². The van der Waals surface area contributed by atoms with Crippen LogP contribution >= 0.6 is 0 Å². The van der Waals surface area contributed by atoms with Gasteiger partial charge >= 0.3 is 0 Å². The number of halogens is 1. The van der Waals surface area contributed by atoms with Crippen LogP contribution in [-0.4, -0.2) is 23.3 Å². The van der Waals surface area contributed by atoms with Gasteiger partial charge in [-0.1, -0.05) is 12.1 Å². The summed E-state index contributed by atoms with van der Waals surface area (Å²) in [7, 11) is 0. The average molecular weight is 235 g/mol. The van der Waals surface area contributed by atoms with Crippen molar-refractivity contribution in [1.82, 2.24) is 4.90 Å². The Kier molecular flexibility index (Phi) is 3.43. The summed E-state index contributed by atoms with van der Waals surface area (Å²) in [6, 6.07) is 5.32. The second-order valence-electron chi connectivity index (χ2n) is 4.68. The first kappa shape index (κ1) is 12.0. The molecule has 92 valence electrons. The van der Waals surface area contributed by atoms with Crippen LogP contribution in [-0.2, 0) is 6.54 Å². The van der Waals surface area contributed by atoms with Crippen LogP contribution in [0.5, 0.6) is 0 Å². The van der Waals surface area contributed by atoms with E-state index in [4.69, 9.17) is 11.1 Å². The van der Waals surface area contributed by atoms with Gasteiger partial charge in [-0.3, -0.25) is 10.3 Å². The first-order chi connectivity index (χ1) is 8.08. The van der Waals surface area contributed by atoms with Crippen molar-refractivity contribution in [3.05, 3.63) is 35.1 Å². The number of nitrogens with one attached hydrogen (secondary N) is 1. The third-order valence-corrected chi connectivity index (χ3v) is 3.43. The Morgan fingerprint density at radius 1 is 1.59 bits per heavy atom. The lowest BCUT2D eigenvalue weighted by molar-refractivity contribution is 0.256. The number of hydrogen-bond donors (Lipinski definition) is 2. The summed E-state index contributed by atoms with van der Waals surface area (Å²) in [4.78, 5) is 2.28. The Morgan fingerprint density at radius 3 is 2.88 bits per heavy atom. The van der Waals surface area contributed by atoms with Gasteiger partial charge in [0.1, 0.15) is 11.7 Å². The van der Waals surface area contributed by atoms with E-state index in [0.29, 0.717) is 23.7 Å². The monoisotopic (exact) mass is 235 g/mol. The third-order valence-electron chi connectivity index (χ3n) is 3.43. The van der Waals surface area contributed by atoms with E-state index in [1.54, 1.807) is 12.1 Å². The van der Waals surface area contributed by atoms with E-state index in [-0.39, 0.29) is 11.7 Å². The molecule has 3 nitrogen and oxygen atoms in total. The number of likely N-dealkylation sites (tertiary alicyclic amines) is 1. The molecule has 1 atom stereocenters. The van der Waals surface area contributed by atoms with Gasteiger partial charge < -0.3 is 5.73 Å². The predicted octanol–water partition coefficient (Wildman–Crippen LogP) is 2.09. The summed E-state index contributed by atoms with van der Waals surface area (Å²) in [5.74, 6) is -0.359. The Hall–Kier alpha value is -1.42. The number of amidine groups is 1. The van der Waals surface area contributed by atoms with Gasteiger partial charge in [-0.05, 0) is 32.4 Å². The molecule has 0 aliphatic carbocycles. The zero-order valence-electron chi connectivity index (χ0n) is 10.0. The quantitative estimate of drug-likeness (QED) is 0.622. The van der Waals surface area contributed by atoms with Crippen LogP contribution in [0, 0.1) is 11.2 Å². The molecule has 1 fully saturated rings. The van der Waals surface area contributed by atoms with Crippen molar-refractivity contribution in [2.24, 2.45) is 5.73 Å². The molecule has 0 bridgehead atoms. The number of benzene rings is 1. The number of nitrogens with zero attached hydrogens (tertiary/aromatic N) is 1. The smallest absolute Gasteiger partial charge is 0.128 e. The molecule has 2 rings (SSSR count). The maximum absolute atomic E-state index is 13.8. The first-order valence-electron chi connectivity index (χ1n) is 5.95. The number of nitrogen functional groups attached to an aromatic ring is 1. The van der Waals surface area contributed by atoms with E-state index in [0.717, 1.165) is 6.54 Å². The van der Waals surface area contributed by atoms with E-state index in [9.17, 15) is 4.39 Å². The van der Waals surface area contributed by atoms with Crippen LogP contribution in [0.25, 0.3) is 0 Å². The van der Waals surface area contributed by atoms with Crippen LogP contribution in [0.4, 0.5) is 4.39 Å². The van der Waals surface area contributed by atoms with Crippen molar-refractivity contribution in [2.45, 2.75) is 32.4 Å². The minimum atomic E-state index is -0.267. The highest BCUT2D eigenvalue weighted by molar-refractivity contribution is 5.94. The standard InChI is InChI=1S/C13H18FN3/c1-9-3-2-6-17(9)8-11-5-4-10(13(15)16)7-12(11)14/h4-5,7,9H,2-3,6,8H2,1H3,(H3,15,16). The summed E-state index contributed by atoms with van der Waals surface area (Å²) >= 11 is 0. The molecule has 1 heterocycles. The molecule has 0 saturated carbocycles. The molecule has 1 aromatic rings. The van der Waals surface area contributed by atoms with E-state index < -0.39 is 0 Å². The van der Waals surface area contributed by atoms with Gasteiger partial charge in [-0.2, -0.15) is 0 Å². The van der Waals surface area contributed by atoms with Crippen molar-refractivity contribution >= 4 is 5.84 Å². The van der Waals surface area contributed by atoms with Gasteiger partial charge in [0, 0.05) is 23.7 Å². The van der Waals surface area contributed by atoms with Gasteiger partial charge in [-0.15, -0.1) is 0 Å². The fraction of sp³-hybridized carbons (Fsp3) is 0.462. The van der Waals surface area contributed by atoms with E-state index in [2.05, 4.69) is 11.8 Å². The molecule has 1 aliphatic heterocycles. The molecule has 1 aromatic carbocycles. The maximum atomic E-state index is 13.8. The molecule has 0 spiro atoms. The van der Waals surface area contributed by atoms with E-state index >= 15 is 0 Å². The van der Waals surface area contributed by atoms with Gasteiger partial charge in [0.25, 0.3) is 0 Å². The predicted molar refractivity (Wildman–Crippen MR) is 66.5 cm³/mol. The topological polar surface area (TPSA) is 53.1 Å². The molecule has 0 amide bonds. The molecule has 0 aromatic heterocycles. The second kappa shape index (κ2) is 4.84. The molecule has 3 N–H and O–H groups in total. The fourth-order valence-corrected chi connectivity index (χ4v) is 2.29. The summed E-state index contributed by atoms with van der Waals surface area (Å²) in [5.41, 5.74) is 6.45. The zero-order valence-corrected chi connectivity index (χ0v) is 10.0.